The van der Waals surface area contributed by atoms with Gasteiger partial charge in [0.2, 0.25) is 0 Å². The molecule has 0 aliphatic carbocycles. The van der Waals surface area contributed by atoms with Crippen molar-refractivity contribution in [2.24, 2.45) is 0 Å². The second-order valence-electron chi connectivity index (χ2n) is 5.05. The number of rotatable bonds is 7. The largest absolute Gasteiger partial charge is 0.461 e. The summed E-state index contributed by atoms with van der Waals surface area (Å²) in [5.41, 5.74) is 3.48. The molecule has 0 aliphatic heterocycles. The molecule has 1 aromatic carbocycles. The fraction of sp³-hybridized carbons (Fsp3) is 0.389. The number of hydrogen-bond donors (Lipinski definition) is 0. The molecule has 1 rings (SSSR count). The fourth-order valence-corrected chi connectivity index (χ4v) is 1.76. The maximum Gasteiger partial charge on any atom is 0.310 e. The van der Waals surface area contributed by atoms with Gasteiger partial charge in [0.15, 0.2) is 0 Å². The van der Waals surface area contributed by atoms with Crippen LogP contribution in [0.15, 0.2) is 53.6 Å². The lowest BCUT2D eigenvalue weighted by molar-refractivity contribution is -0.141. The van der Waals surface area contributed by atoms with Gasteiger partial charge in [0.1, 0.15) is 6.61 Å². The first-order valence-electron chi connectivity index (χ1n) is 7.08. The molecular formula is C18H24O2. The van der Waals surface area contributed by atoms with Gasteiger partial charge in [0, 0.05) is 0 Å². The number of carbonyl (C=O) groups excluding carboxylic acids is 1. The van der Waals surface area contributed by atoms with Crippen molar-refractivity contribution in [1.29, 1.82) is 0 Å². The fourth-order valence-electron chi connectivity index (χ4n) is 1.76. The van der Waals surface area contributed by atoms with Gasteiger partial charge in [-0.25, -0.2) is 0 Å². The van der Waals surface area contributed by atoms with Gasteiger partial charge >= 0.3 is 5.97 Å². The van der Waals surface area contributed by atoms with Gasteiger partial charge in [-0.2, -0.15) is 0 Å². The molecule has 0 unspecified atom stereocenters. The third kappa shape index (κ3) is 6.93. The van der Waals surface area contributed by atoms with Crippen LogP contribution in [0, 0.1) is 0 Å². The van der Waals surface area contributed by atoms with E-state index in [-0.39, 0.29) is 5.97 Å². The Balaban J connectivity index is 2.28. The van der Waals surface area contributed by atoms with Crippen molar-refractivity contribution in [1.82, 2.24) is 0 Å². The molecule has 0 N–H and O–H groups in total. The zero-order chi connectivity index (χ0) is 14.8. The molecule has 0 saturated heterocycles. The normalized spacial score (nSPS) is 12.3. The highest BCUT2D eigenvalue weighted by Gasteiger charge is 2.04. The Labute approximate surface area is 122 Å². The predicted octanol–water partition coefficient (Wildman–Crippen LogP) is 4.47. The smallest absolute Gasteiger partial charge is 0.310 e. The molecule has 0 radical (unpaired) electrons. The summed E-state index contributed by atoms with van der Waals surface area (Å²) in [5.74, 6) is -0.173. The predicted molar refractivity (Wildman–Crippen MR) is 83.5 cm³/mol. The molecule has 0 saturated carbocycles. The number of hydrogen-bond acceptors (Lipinski definition) is 2. The van der Waals surface area contributed by atoms with Crippen LogP contribution >= 0.6 is 0 Å². The van der Waals surface area contributed by atoms with Crippen molar-refractivity contribution in [2.75, 3.05) is 6.61 Å². The van der Waals surface area contributed by atoms with Crippen molar-refractivity contribution >= 4 is 5.97 Å². The van der Waals surface area contributed by atoms with Crippen molar-refractivity contribution in [3.05, 3.63) is 59.2 Å². The minimum absolute atomic E-state index is 0.173. The summed E-state index contributed by atoms with van der Waals surface area (Å²) < 4.78 is 5.27. The van der Waals surface area contributed by atoms with Crippen LogP contribution < -0.4 is 0 Å². The Hall–Kier alpha value is -1.83. The van der Waals surface area contributed by atoms with Crippen LogP contribution in [0.1, 0.15) is 39.2 Å². The van der Waals surface area contributed by atoms with E-state index in [9.17, 15) is 4.79 Å². The van der Waals surface area contributed by atoms with Crippen LogP contribution in [0.5, 0.6) is 0 Å². The minimum Gasteiger partial charge on any atom is -0.461 e. The highest BCUT2D eigenvalue weighted by Crippen LogP contribution is 2.07. The first kappa shape index (κ1) is 16.2. The van der Waals surface area contributed by atoms with Gasteiger partial charge in [-0.3, -0.25) is 4.79 Å². The van der Waals surface area contributed by atoms with E-state index in [1.54, 1.807) is 0 Å². The molecule has 0 aliphatic rings. The van der Waals surface area contributed by atoms with E-state index < -0.39 is 0 Å². The molecule has 0 bridgehead atoms. The summed E-state index contributed by atoms with van der Waals surface area (Å²) in [7, 11) is 0. The quantitative estimate of drug-likeness (QED) is 0.541. The first-order valence-corrected chi connectivity index (χ1v) is 7.08. The Morgan fingerprint density at radius 3 is 2.50 bits per heavy atom. The van der Waals surface area contributed by atoms with Gasteiger partial charge < -0.3 is 4.74 Å². The van der Waals surface area contributed by atoms with E-state index in [0.717, 1.165) is 24.0 Å². The Morgan fingerprint density at radius 1 is 1.15 bits per heavy atom. The number of benzene rings is 1. The highest BCUT2D eigenvalue weighted by molar-refractivity contribution is 5.72. The van der Waals surface area contributed by atoms with Crippen LogP contribution in [0.4, 0.5) is 0 Å². The molecule has 0 fully saturated rings. The topological polar surface area (TPSA) is 26.3 Å². The van der Waals surface area contributed by atoms with Gasteiger partial charge in [0.05, 0.1) is 6.42 Å². The number of allylic oxidation sites excluding steroid dienone is 3. The van der Waals surface area contributed by atoms with Gasteiger partial charge in [-0.15, -0.1) is 0 Å². The summed E-state index contributed by atoms with van der Waals surface area (Å²) in [6.45, 7) is 6.57. The van der Waals surface area contributed by atoms with Gasteiger partial charge in [0.25, 0.3) is 0 Å². The molecule has 2 heteroatoms. The third-order valence-electron chi connectivity index (χ3n) is 3.18. The lowest BCUT2D eigenvalue weighted by Gasteiger charge is -2.05. The molecule has 0 aromatic heterocycles. The summed E-state index contributed by atoms with van der Waals surface area (Å²) >= 11 is 0. The molecule has 1 aromatic rings. The molecule has 20 heavy (non-hydrogen) atoms. The maximum atomic E-state index is 11.7. The number of ether oxygens (including phenoxy) is 1. The van der Waals surface area contributed by atoms with Gasteiger partial charge in [-0.1, -0.05) is 48.1 Å². The minimum atomic E-state index is -0.173. The SMILES string of the molecule is C/C=C(\C)CC/C=C(\C)COC(=O)Cc1ccccc1. The summed E-state index contributed by atoms with van der Waals surface area (Å²) in [4.78, 5) is 11.7. The lowest BCUT2D eigenvalue weighted by atomic mass is 10.1. The zero-order valence-electron chi connectivity index (χ0n) is 12.7. The van der Waals surface area contributed by atoms with E-state index in [4.69, 9.17) is 4.74 Å². The van der Waals surface area contributed by atoms with Gasteiger partial charge in [-0.05, 0) is 44.7 Å². The van der Waals surface area contributed by atoms with E-state index in [1.807, 2.05) is 37.3 Å². The Morgan fingerprint density at radius 2 is 1.85 bits per heavy atom. The second-order valence-corrected chi connectivity index (χ2v) is 5.05. The first-order chi connectivity index (χ1) is 9.61. The summed E-state index contributed by atoms with van der Waals surface area (Å²) in [6, 6.07) is 9.66. The molecular weight excluding hydrogens is 248 g/mol. The molecule has 108 valence electrons. The number of carbonyl (C=O) groups is 1. The average molecular weight is 272 g/mol. The van der Waals surface area contributed by atoms with E-state index in [0.29, 0.717) is 13.0 Å². The maximum absolute atomic E-state index is 11.7. The van der Waals surface area contributed by atoms with Crippen LogP contribution in [-0.2, 0) is 16.0 Å². The van der Waals surface area contributed by atoms with Crippen LogP contribution in [0.3, 0.4) is 0 Å². The zero-order valence-corrected chi connectivity index (χ0v) is 12.7. The van der Waals surface area contributed by atoms with Crippen LogP contribution in [-0.4, -0.2) is 12.6 Å². The number of esters is 1. The van der Waals surface area contributed by atoms with E-state index in [1.165, 1.54) is 5.57 Å². The van der Waals surface area contributed by atoms with Crippen LogP contribution in [0.2, 0.25) is 0 Å². The average Bonchev–Trinajstić information content (AvgIpc) is 2.46. The van der Waals surface area contributed by atoms with Crippen molar-refractivity contribution in [3.8, 4) is 0 Å². The second kappa shape index (κ2) is 9.13. The van der Waals surface area contributed by atoms with Crippen molar-refractivity contribution < 1.29 is 9.53 Å². The Kier molecular flexibility index (Phi) is 7.41. The molecule has 2 nitrogen and oxygen atoms in total. The molecule has 0 spiro atoms. The van der Waals surface area contributed by atoms with E-state index in [2.05, 4.69) is 26.0 Å². The summed E-state index contributed by atoms with van der Waals surface area (Å²) in [6.07, 6.45) is 6.67. The standard InChI is InChI=1S/C18H24O2/c1-4-15(2)9-8-10-16(3)14-20-18(19)13-17-11-6-5-7-12-17/h4-7,10-12H,8-9,13-14H2,1-3H3/b15-4+,16-10+. The monoisotopic (exact) mass is 272 g/mol. The van der Waals surface area contributed by atoms with E-state index >= 15 is 0 Å². The third-order valence-corrected chi connectivity index (χ3v) is 3.18. The summed E-state index contributed by atoms with van der Waals surface area (Å²) in [5, 5.41) is 0. The van der Waals surface area contributed by atoms with Crippen LogP contribution in [0.25, 0.3) is 0 Å². The molecule has 0 amide bonds. The molecule has 0 atom stereocenters. The molecule has 0 heterocycles. The highest BCUT2D eigenvalue weighted by atomic mass is 16.5. The Bertz CT molecular complexity index is 469. The van der Waals surface area contributed by atoms with Crippen molar-refractivity contribution in [2.45, 2.75) is 40.0 Å². The van der Waals surface area contributed by atoms with Crippen molar-refractivity contribution in [3.63, 3.8) is 0 Å². The lowest BCUT2D eigenvalue weighted by Crippen LogP contribution is -2.09.